The van der Waals surface area contributed by atoms with E-state index in [1.165, 1.54) is 17.0 Å². The molecule has 2 aliphatic rings. The summed E-state index contributed by atoms with van der Waals surface area (Å²) in [5.74, 6) is -0.549. The van der Waals surface area contributed by atoms with Crippen molar-refractivity contribution in [3.8, 4) is 0 Å². The van der Waals surface area contributed by atoms with Gasteiger partial charge in [-0.15, -0.1) is 0 Å². The van der Waals surface area contributed by atoms with Gasteiger partial charge in [-0.2, -0.15) is 0 Å². The average molecular weight is 416 g/mol. The van der Waals surface area contributed by atoms with Crippen LogP contribution in [0.15, 0.2) is 48.5 Å². The highest BCUT2D eigenvalue weighted by molar-refractivity contribution is 6.30. The van der Waals surface area contributed by atoms with Crippen molar-refractivity contribution in [1.29, 1.82) is 0 Å². The zero-order chi connectivity index (χ0) is 20.6. The van der Waals surface area contributed by atoms with Crippen molar-refractivity contribution in [1.82, 2.24) is 15.1 Å². The van der Waals surface area contributed by atoms with Gasteiger partial charge in [-0.05, 0) is 54.7 Å². The second-order valence-electron chi connectivity index (χ2n) is 7.68. The Balaban J connectivity index is 1.56. The molecular formula is C22H23ClFN3O2. The predicted molar refractivity (Wildman–Crippen MR) is 109 cm³/mol. The average Bonchev–Trinajstić information content (AvgIpc) is 3.52. The van der Waals surface area contributed by atoms with Gasteiger partial charge < -0.3 is 5.32 Å². The number of carbonyl (C=O) groups is 2. The van der Waals surface area contributed by atoms with Crippen LogP contribution in [-0.4, -0.2) is 34.4 Å². The number of hydrogen-bond donors (Lipinski definition) is 1. The molecule has 2 aromatic rings. The lowest BCUT2D eigenvalue weighted by Crippen LogP contribution is -2.45. The minimum Gasteiger partial charge on any atom is -0.319 e. The van der Waals surface area contributed by atoms with Crippen LogP contribution in [0.25, 0.3) is 0 Å². The molecular weight excluding hydrogens is 393 g/mol. The second-order valence-corrected chi connectivity index (χ2v) is 8.11. The topological polar surface area (TPSA) is 52.7 Å². The van der Waals surface area contributed by atoms with Gasteiger partial charge in [0.25, 0.3) is 5.91 Å². The van der Waals surface area contributed by atoms with Gasteiger partial charge in [-0.3, -0.25) is 9.69 Å². The molecule has 1 heterocycles. The van der Waals surface area contributed by atoms with Crippen LogP contribution in [0.1, 0.15) is 37.3 Å². The Labute approximate surface area is 174 Å². The van der Waals surface area contributed by atoms with Gasteiger partial charge in [0.1, 0.15) is 11.4 Å². The van der Waals surface area contributed by atoms with Crippen molar-refractivity contribution >= 4 is 23.5 Å². The molecule has 0 bridgehead atoms. The highest BCUT2D eigenvalue weighted by atomic mass is 35.5. The first-order valence-electron chi connectivity index (χ1n) is 9.81. The highest BCUT2D eigenvalue weighted by Crippen LogP contribution is 2.35. The minimum absolute atomic E-state index is 0.203. The molecule has 5 nitrogen and oxygen atoms in total. The van der Waals surface area contributed by atoms with Crippen LogP contribution in [0.2, 0.25) is 5.02 Å². The molecule has 1 aliphatic carbocycles. The summed E-state index contributed by atoms with van der Waals surface area (Å²) in [6.45, 7) is 2.63. The van der Waals surface area contributed by atoms with Crippen molar-refractivity contribution in [2.24, 2.45) is 0 Å². The summed E-state index contributed by atoms with van der Waals surface area (Å²) in [5, 5.41) is 3.42. The Hall–Kier alpha value is -2.44. The molecule has 1 saturated carbocycles. The molecule has 3 amide bonds. The van der Waals surface area contributed by atoms with E-state index < -0.39 is 11.6 Å². The summed E-state index contributed by atoms with van der Waals surface area (Å²) in [7, 11) is 0. The van der Waals surface area contributed by atoms with Crippen LogP contribution in [0.4, 0.5) is 9.18 Å². The van der Waals surface area contributed by atoms with Crippen LogP contribution in [0, 0.1) is 5.82 Å². The van der Waals surface area contributed by atoms with E-state index in [0.717, 1.165) is 18.4 Å². The lowest BCUT2D eigenvalue weighted by Gasteiger charge is -2.28. The summed E-state index contributed by atoms with van der Waals surface area (Å²) in [4.78, 5) is 29.5. The molecule has 1 aliphatic heterocycles. The molecule has 1 N–H and O–H groups in total. The molecule has 0 radical (unpaired) electrons. The summed E-state index contributed by atoms with van der Waals surface area (Å²) >= 11 is 6.13. The second kappa shape index (κ2) is 7.76. The van der Waals surface area contributed by atoms with Gasteiger partial charge in [-0.25, -0.2) is 14.1 Å². The lowest BCUT2D eigenvalue weighted by atomic mass is 9.87. The maximum absolute atomic E-state index is 13.4. The maximum atomic E-state index is 13.4. The van der Waals surface area contributed by atoms with Crippen molar-refractivity contribution in [2.75, 3.05) is 6.67 Å². The van der Waals surface area contributed by atoms with E-state index in [9.17, 15) is 14.0 Å². The first kappa shape index (κ1) is 19.9. The van der Waals surface area contributed by atoms with Gasteiger partial charge in [0.2, 0.25) is 0 Å². The molecule has 1 atom stereocenters. The third-order valence-electron chi connectivity index (χ3n) is 5.71. The number of nitrogens with zero attached hydrogens (tertiary/aromatic N) is 2. The van der Waals surface area contributed by atoms with E-state index in [4.69, 9.17) is 11.6 Å². The maximum Gasteiger partial charge on any atom is 0.326 e. The normalized spacial score (nSPS) is 21.7. The molecule has 2 fully saturated rings. The number of urea groups is 1. The number of halogens is 2. The number of rotatable bonds is 7. The van der Waals surface area contributed by atoms with E-state index >= 15 is 0 Å². The van der Waals surface area contributed by atoms with Gasteiger partial charge >= 0.3 is 6.03 Å². The Kier molecular flexibility index (Phi) is 5.32. The zero-order valence-corrected chi connectivity index (χ0v) is 17.0. The first-order chi connectivity index (χ1) is 13.9. The fourth-order valence-corrected chi connectivity index (χ4v) is 4.08. The Morgan fingerprint density at radius 1 is 1.21 bits per heavy atom. The molecule has 7 heteroatoms. The van der Waals surface area contributed by atoms with E-state index in [2.05, 4.69) is 10.2 Å². The molecule has 0 aromatic heterocycles. The predicted octanol–water partition coefficient (Wildman–Crippen LogP) is 4.26. The van der Waals surface area contributed by atoms with Crippen LogP contribution >= 0.6 is 11.6 Å². The van der Waals surface area contributed by atoms with Crippen LogP contribution in [-0.2, 0) is 16.9 Å². The monoisotopic (exact) mass is 415 g/mol. The van der Waals surface area contributed by atoms with Crippen molar-refractivity contribution in [3.05, 3.63) is 70.5 Å². The number of nitrogens with one attached hydrogen (secondary N) is 1. The number of amides is 3. The summed E-state index contributed by atoms with van der Waals surface area (Å²) in [6, 6.07) is 13.3. The molecule has 152 valence electrons. The quantitative estimate of drug-likeness (QED) is 0.687. The van der Waals surface area contributed by atoms with E-state index in [1.807, 2.05) is 13.0 Å². The van der Waals surface area contributed by atoms with Gasteiger partial charge in [0.15, 0.2) is 0 Å². The molecule has 29 heavy (non-hydrogen) atoms. The zero-order valence-electron chi connectivity index (χ0n) is 16.2. The van der Waals surface area contributed by atoms with Crippen molar-refractivity contribution in [3.63, 3.8) is 0 Å². The molecule has 0 unspecified atom stereocenters. The van der Waals surface area contributed by atoms with Crippen molar-refractivity contribution < 1.29 is 14.0 Å². The summed E-state index contributed by atoms with van der Waals surface area (Å²) in [6.07, 6.45) is 2.48. The number of benzene rings is 2. The Bertz CT molecular complexity index is 932. The van der Waals surface area contributed by atoms with E-state index in [-0.39, 0.29) is 18.4 Å². The smallest absolute Gasteiger partial charge is 0.319 e. The van der Waals surface area contributed by atoms with E-state index in [1.54, 1.807) is 30.3 Å². The SMILES string of the molecule is CC[C@@]1(c2cccc(Cl)c2)NC(=O)N(CN(Cc2ccc(F)cc2)C2CC2)C1=O. The third-order valence-corrected chi connectivity index (χ3v) is 5.94. The molecule has 1 saturated heterocycles. The number of imide groups is 1. The van der Waals surface area contributed by atoms with Gasteiger partial charge in [0.05, 0.1) is 6.67 Å². The van der Waals surface area contributed by atoms with Gasteiger partial charge in [0, 0.05) is 17.6 Å². The van der Waals surface area contributed by atoms with Crippen LogP contribution in [0.3, 0.4) is 0 Å². The largest absolute Gasteiger partial charge is 0.326 e. The highest BCUT2D eigenvalue weighted by Gasteiger charge is 2.52. The van der Waals surface area contributed by atoms with Gasteiger partial charge in [-0.1, -0.05) is 42.8 Å². The lowest BCUT2D eigenvalue weighted by molar-refractivity contribution is -0.133. The number of hydrogen-bond acceptors (Lipinski definition) is 3. The van der Waals surface area contributed by atoms with Crippen molar-refractivity contribution in [2.45, 2.75) is 44.3 Å². The van der Waals surface area contributed by atoms with Crippen LogP contribution in [0.5, 0.6) is 0 Å². The molecule has 4 rings (SSSR count). The van der Waals surface area contributed by atoms with E-state index in [0.29, 0.717) is 29.6 Å². The minimum atomic E-state index is -1.10. The van der Waals surface area contributed by atoms with Crippen LogP contribution < -0.4 is 5.32 Å². The Morgan fingerprint density at radius 3 is 2.55 bits per heavy atom. The standard InChI is InChI=1S/C22H23ClFN3O2/c1-2-22(16-4-3-5-17(23)12-16)20(28)27(21(29)25-22)14-26(19-10-11-19)13-15-6-8-18(24)9-7-15/h3-9,12,19H,2,10-11,13-14H2,1H3,(H,25,29)/t22-/m0/s1. The first-order valence-corrected chi connectivity index (χ1v) is 10.2. The number of carbonyl (C=O) groups excluding carboxylic acids is 2. The third kappa shape index (κ3) is 3.87. The summed E-state index contributed by atoms with van der Waals surface area (Å²) in [5.41, 5.74) is 0.527. The summed E-state index contributed by atoms with van der Waals surface area (Å²) < 4.78 is 13.2. The molecule has 2 aromatic carbocycles. The fraction of sp³-hybridized carbons (Fsp3) is 0.364. The molecule has 0 spiro atoms. The fourth-order valence-electron chi connectivity index (χ4n) is 3.89. The Morgan fingerprint density at radius 2 is 1.93 bits per heavy atom.